The van der Waals surface area contributed by atoms with Gasteiger partial charge in [0.1, 0.15) is 5.75 Å². The maximum Gasteiger partial charge on any atom is 0.335 e. The quantitative estimate of drug-likeness (QED) is 0.793. The van der Waals surface area contributed by atoms with Crippen molar-refractivity contribution < 1.29 is 24.0 Å². The van der Waals surface area contributed by atoms with Crippen LogP contribution in [0.2, 0.25) is 0 Å². The number of carboxylic acid groups (broad SMARTS) is 2. The molecule has 16 heavy (non-hydrogen) atoms. The van der Waals surface area contributed by atoms with E-state index in [0.29, 0.717) is 5.56 Å². The summed E-state index contributed by atoms with van der Waals surface area (Å²) in [6.45, 7) is 0. The van der Waals surface area contributed by atoms with Crippen LogP contribution < -0.4 is 0 Å². The second-order valence-electron chi connectivity index (χ2n) is 3.12. The minimum atomic E-state index is -1.47. The van der Waals surface area contributed by atoms with Crippen molar-refractivity contribution in [3.05, 3.63) is 35.4 Å². The van der Waals surface area contributed by atoms with Gasteiger partial charge in [-0.1, -0.05) is 12.1 Å². The van der Waals surface area contributed by atoms with Crippen LogP contribution in [-0.2, 0) is 21.3 Å². The van der Waals surface area contributed by atoms with Crippen molar-refractivity contribution in [3.63, 3.8) is 0 Å². The molecule has 0 aromatic heterocycles. The second kappa shape index (κ2) is 5.41. The molecule has 1 rings (SSSR count). The molecule has 0 aliphatic rings. The summed E-state index contributed by atoms with van der Waals surface area (Å²) in [7, 11) is -1.47. The van der Waals surface area contributed by atoms with Gasteiger partial charge in [-0.2, -0.15) is 0 Å². The Balaban J connectivity index is 2.65. The zero-order valence-corrected chi connectivity index (χ0v) is 9.07. The molecule has 1 aromatic carbocycles. The molecule has 0 spiro atoms. The summed E-state index contributed by atoms with van der Waals surface area (Å²) in [6.07, 6.45) is 0. The van der Waals surface area contributed by atoms with Crippen molar-refractivity contribution in [1.29, 1.82) is 0 Å². The Morgan fingerprint density at radius 3 is 2.12 bits per heavy atom. The number of aliphatic carboxylic acids is 1. The minimum absolute atomic E-state index is 0.117. The fourth-order valence-corrected chi connectivity index (χ4v) is 2.06. The van der Waals surface area contributed by atoms with E-state index in [-0.39, 0.29) is 11.3 Å². The van der Waals surface area contributed by atoms with Gasteiger partial charge >= 0.3 is 11.9 Å². The molecule has 0 amide bonds. The number of benzene rings is 1. The van der Waals surface area contributed by atoms with Crippen LogP contribution in [0.4, 0.5) is 0 Å². The normalized spacial score (nSPS) is 12.0. The molecule has 0 bridgehead atoms. The smallest absolute Gasteiger partial charge is 0.335 e. The summed E-state index contributed by atoms with van der Waals surface area (Å²) in [5.41, 5.74) is 0.803. The van der Waals surface area contributed by atoms with Gasteiger partial charge in [-0.15, -0.1) is 0 Å². The van der Waals surface area contributed by atoms with Crippen molar-refractivity contribution in [2.24, 2.45) is 0 Å². The summed E-state index contributed by atoms with van der Waals surface area (Å²) in [4.78, 5) is 20.8. The highest BCUT2D eigenvalue weighted by Crippen LogP contribution is 2.07. The van der Waals surface area contributed by atoms with E-state index in [2.05, 4.69) is 0 Å². The third kappa shape index (κ3) is 3.82. The average molecular weight is 242 g/mol. The van der Waals surface area contributed by atoms with E-state index in [0.717, 1.165) is 0 Å². The van der Waals surface area contributed by atoms with Crippen LogP contribution in [-0.4, -0.2) is 32.1 Å². The van der Waals surface area contributed by atoms with Gasteiger partial charge in [-0.25, -0.2) is 4.79 Å². The van der Waals surface area contributed by atoms with Crippen LogP contribution in [0, 0.1) is 0 Å². The first kappa shape index (κ1) is 12.4. The fraction of sp³-hybridized carbons (Fsp3) is 0.200. The summed E-state index contributed by atoms with van der Waals surface area (Å²) in [6, 6.07) is 5.86. The Bertz CT molecular complexity index is 423. The highest BCUT2D eigenvalue weighted by atomic mass is 32.2. The number of hydrogen-bond donors (Lipinski definition) is 2. The lowest BCUT2D eigenvalue weighted by Crippen LogP contribution is -2.10. The lowest BCUT2D eigenvalue weighted by molar-refractivity contribution is -0.133. The lowest BCUT2D eigenvalue weighted by atomic mass is 10.1. The van der Waals surface area contributed by atoms with Crippen molar-refractivity contribution >= 4 is 22.7 Å². The topological polar surface area (TPSA) is 91.7 Å². The van der Waals surface area contributed by atoms with Gasteiger partial charge in [-0.3, -0.25) is 9.00 Å². The van der Waals surface area contributed by atoms with Crippen LogP contribution in [0.5, 0.6) is 0 Å². The molecule has 5 nitrogen and oxygen atoms in total. The van der Waals surface area contributed by atoms with Crippen molar-refractivity contribution in [2.45, 2.75) is 5.75 Å². The standard InChI is InChI=1S/C10H10O5S/c11-9(12)6-16(15)5-7-1-3-8(4-2-7)10(13)14/h1-4H,5-6H2,(H,11,12)(H,13,14). The molecule has 86 valence electrons. The molecule has 0 heterocycles. The molecule has 0 aliphatic carbocycles. The van der Waals surface area contributed by atoms with Gasteiger partial charge in [0.05, 0.1) is 5.56 Å². The van der Waals surface area contributed by atoms with E-state index in [1.165, 1.54) is 24.3 Å². The van der Waals surface area contributed by atoms with E-state index in [1.54, 1.807) is 0 Å². The Morgan fingerprint density at radius 2 is 1.69 bits per heavy atom. The third-order valence-electron chi connectivity index (χ3n) is 1.81. The van der Waals surface area contributed by atoms with E-state index in [4.69, 9.17) is 10.2 Å². The van der Waals surface area contributed by atoms with Gasteiger partial charge in [0.15, 0.2) is 0 Å². The Labute approximate surface area is 94.2 Å². The molecular weight excluding hydrogens is 232 g/mol. The molecule has 1 atom stereocenters. The molecular formula is C10H10O5S. The maximum atomic E-state index is 11.3. The number of aromatic carboxylic acids is 1. The Morgan fingerprint density at radius 1 is 1.12 bits per heavy atom. The molecule has 0 fully saturated rings. The van der Waals surface area contributed by atoms with Crippen LogP contribution in [0.25, 0.3) is 0 Å². The fourth-order valence-electron chi connectivity index (χ4n) is 1.12. The summed E-state index contributed by atoms with van der Waals surface area (Å²) in [5, 5.41) is 17.0. The summed E-state index contributed by atoms with van der Waals surface area (Å²) < 4.78 is 11.3. The number of rotatable bonds is 5. The molecule has 0 radical (unpaired) electrons. The number of carbonyl (C=O) groups is 2. The van der Waals surface area contributed by atoms with Crippen molar-refractivity contribution in [1.82, 2.24) is 0 Å². The highest BCUT2D eigenvalue weighted by Gasteiger charge is 2.07. The first-order valence-electron chi connectivity index (χ1n) is 4.38. The highest BCUT2D eigenvalue weighted by molar-refractivity contribution is 7.84. The molecule has 6 heteroatoms. The second-order valence-corrected chi connectivity index (χ2v) is 4.58. The molecule has 0 aliphatic heterocycles. The minimum Gasteiger partial charge on any atom is -0.481 e. The van der Waals surface area contributed by atoms with Gasteiger partial charge in [-0.05, 0) is 17.7 Å². The van der Waals surface area contributed by atoms with Gasteiger partial charge in [0.25, 0.3) is 0 Å². The molecule has 0 saturated heterocycles. The maximum absolute atomic E-state index is 11.3. The van der Waals surface area contributed by atoms with Gasteiger partial charge < -0.3 is 10.2 Å². The van der Waals surface area contributed by atoms with Crippen LogP contribution in [0.1, 0.15) is 15.9 Å². The average Bonchev–Trinajstić information content (AvgIpc) is 2.16. The first-order chi connectivity index (χ1) is 7.49. The van der Waals surface area contributed by atoms with Crippen LogP contribution >= 0.6 is 0 Å². The molecule has 1 unspecified atom stereocenters. The Kier molecular flexibility index (Phi) is 4.19. The lowest BCUT2D eigenvalue weighted by Gasteiger charge is -2.00. The molecule has 2 N–H and O–H groups in total. The molecule has 0 saturated carbocycles. The van der Waals surface area contributed by atoms with E-state index in [9.17, 15) is 13.8 Å². The van der Waals surface area contributed by atoms with E-state index < -0.39 is 28.5 Å². The van der Waals surface area contributed by atoms with Crippen molar-refractivity contribution in [2.75, 3.05) is 5.75 Å². The largest absolute Gasteiger partial charge is 0.481 e. The first-order valence-corrected chi connectivity index (χ1v) is 5.87. The SMILES string of the molecule is O=C(O)CS(=O)Cc1ccc(C(=O)O)cc1. The number of carboxylic acids is 2. The monoisotopic (exact) mass is 242 g/mol. The van der Waals surface area contributed by atoms with E-state index in [1.807, 2.05) is 0 Å². The summed E-state index contributed by atoms with van der Waals surface area (Å²) in [5.74, 6) is -2.42. The van der Waals surface area contributed by atoms with Crippen LogP contribution in [0.15, 0.2) is 24.3 Å². The molecule has 1 aromatic rings. The zero-order chi connectivity index (χ0) is 12.1. The zero-order valence-electron chi connectivity index (χ0n) is 8.25. The summed E-state index contributed by atoms with van der Waals surface area (Å²) >= 11 is 0. The third-order valence-corrected chi connectivity index (χ3v) is 3.04. The number of hydrogen-bond acceptors (Lipinski definition) is 3. The predicted molar refractivity (Wildman–Crippen MR) is 57.8 cm³/mol. The Hall–Kier alpha value is -1.69. The van der Waals surface area contributed by atoms with E-state index >= 15 is 0 Å². The van der Waals surface area contributed by atoms with Gasteiger partial charge in [0, 0.05) is 16.6 Å². The van der Waals surface area contributed by atoms with Crippen LogP contribution in [0.3, 0.4) is 0 Å². The van der Waals surface area contributed by atoms with Crippen molar-refractivity contribution in [3.8, 4) is 0 Å². The van der Waals surface area contributed by atoms with Gasteiger partial charge in [0.2, 0.25) is 0 Å². The predicted octanol–water partition coefficient (Wildman–Crippen LogP) is 0.718.